The topological polar surface area (TPSA) is 78.5 Å². The van der Waals surface area contributed by atoms with Crippen LogP contribution in [0.2, 0.25) is 5.28 Å². The summed E-state index contributed by atoms with van der Waals surface area (Å²) in [4.78, 5) is 8.63. The number of rotatable bonds is 3. The molecule has 130 valence electrons. The lowest BCUT2D eigenvalue weighted by Crippen LogP contribution is -2.15. The highest BCUT2D eigenvalue weighted by Crippen LogP contribution is 2.32. The number of aromatic nitrogens is 5. The molecule has 0 saturated heterocycles. The molecule has 0 radical (unpaired) electrons. The predicted molar refractivity (Wildman–Crippen MR) is 95.8 cm³/mol. The third-order valence-corrected chi connectivity index (χ3v) is 4.18. The second-order valence-electron chi connectivity index (χ2n) is 5.69. The molecule has 8 nitrogen and oxygen atoms in total. The number of nitrogens with zero attached hydrogens (tertiary/aromatic N) is 5. The molecule has 1 aliphatic rings. The van der Waals surface area contributed by atoms with Crippen molar-refractivity contribution < 1.29 is 9.47 Å². The van der Waals surface area contributed by atoms with Crippen LogP contribution in [0.3, 0.4) is 0 Å². The normalized spacial score (nSPS) is 13.1. The van der Waals surface area contributed by atoms with Crippen molar-refractivity contribution in [2.24, 2.45) is 0 Å². The highest BCUT2D eigenvalue weighted by Gasteiger charge is 2.13. The number of hydrogen-bond donors (Lipinski definition) is 1. The lowest BCUT2D eigenvalue weighted by Gasteiger charge is -2.18. The van der Waals surface area contributed by atoms with E-state index in [0.717, 1.165) is 22.7 Å². The smallest absolute Gasteiger partial charge is 0.243 e. The Hall–Kier alpha value is -3.26. The molecule has 0 atom stereocenters. The highest BCUT2D eigenvalue weighted by molar-refractivity contribution is 6.28. The van der Waals surface area contributed by atoms with Gasteiger partial charge in [-0.3, -0.25) is 0 Å². The first kappa shape index (κ1) is 15.0. The summed E-state index contributed by atoms with van der Waals surface area (Å²) in [5, 5.41) is 7.45. The lowest BCUT2D eigenvalue weighted by atomic mass is 10.2. The Kier molecular flexibility index (Phi) is 3.42. The van der Waals surface area contributed by atoms with E-state index in [0.29, 0.717) is 24.8 Å². The fourth-order valence-electron chi connectivity index (χ4n) is 2.84. The van der Waals surface area contributed by atoms with Crippen molar-refractivity contribution in [3.8, 4) is 17.2 Å². The molecule has 4 aromatic rings. The maximum absolute atomic E-state index is 5.98. The minimum atomic E-state index is 0.155. The number of anilines is 2. The van der Waals surface area contributed by atoms with Crippen molar-refractivity contribution in [3.63, 3.8) is 0 Å². The summed E-state index contributed by atoms with van der Waals surface area (Å²) >= 11 is 5.98. The SMILES string of the molecule is Clc1nc(Nc2cn(-c3ccc4c(c3)OCCO4)cn2)c2cccn2n1. The van der Waals surface area contributed by atoms with Crippen molar-refractivity contribution in [1.82, 2.24) is 24.1 Å². The van der Waals surface area contributed by atoms with E-state index in [1.165, 1.54) is 0 Å². The van der Waals surface area contributed by atoms with E-state index in [-0.39, 0.29) is 5.28 Å². The van der Waals surface area contributed by atoms with Gasteiger partial charge in [-0.05, 0) is 35.9 Å². The van der Waals surface area contributed by atoms with Crippen molar-refractivity contribution in [1.29, 1.82) is 0 Å². The molecule has 0 bridgehead atoms. The van der Waals surface area contributed by atoms with Crippen molar-refractivity contribution in [2.45, 2.75) is 0 Å². The number of imidazole rings is 1. The van der Waals surface area contributed by atoms with Gasteiger partial charge in [0.25, 0.3) is 0 Å². The summed E-state index contributed by atoms with van der Waals surface area (Å²) in [6.45, 7) is 1.12. The number of ether oxygens (including phenoxy) is 2. The number of fused-ring (bicyclic) bond motifs is 2. The molecule has 1 N–H and O–H groups in total. The number of hydrogen-bond acceptors (Lipinski definition) is 6. The van der Waals surface area contributed by atoms with Gasteiger partial charge in [0.05, 0.1) is 11.9 Å². The van der Waals surface area contributed by atoms with Crippen molar-refractivity contribution in [3.05, 3.63) is 54.3 Å². The summed E-state index contributed by atoms with van der Waals surface area (Å²) in [5.74, 6) is 2.71. The largest absolute Gasteiger partial charge is 0.486 e. The van der Waals surface area contributed by atoms with Crippen LogP contribution >= 0.6 is 11.6 Å². The molecule has 0 spiro atoms. The quantitative estimate of drug-likeness (QED) is 0.598. The second kappa shape index (κ2) is 5.92. The molecular formula is C17H13ClN6O2. The zero-order chi connectivity index (χ0) is 17.5. The average Bonchev–Trinajstić information content (AvgIpc) is 3.30. The standard InChI is InChI=1S/C17H13ClN6O2/c18-17-21-16(12-2-1-5-24(12)22-17)20-15-9-23(10-19-15)11-3-4-13-14(8-11)26-7-6-25-13/h1-5,8-10H,6-7H2,(H,20,21,22). The zero-order valence-electron chi connectivity index (χ0n) is 13.5. The van der Waals surface area contributed by atoms with Crippen LogP contribution in [0.5, 0.6) is 11.5 Å². The molecule has 0 aliphatic carbocycles. The maximum Gasteiger partial charge on any atom is 0.243 e. The molecule has 0 unspecified atom stereocenters. The monoisotopic (exact) mass is 368 g/mol. The van der Waals surface area contributed by atoms with Crippen LogP contribution in [0.15, 0.2) is 49.1 Å². The summed E-state index contributed by atoms with van der Waals surface area (Å²) in [7, 11) is 0. The minimum absolute atomic E-state index is 0.155. The number of nitrogens with one attached hydrogen (secondary N) is 1. The number of benzene rings is 1. The van der Waals surface area contributed by atoms with Gasteiger partial charge in [0.2, 0.25) is 5.28 Å². The minimum Gasteiger partial charge on any atom is -0.486 e. The molecule has 3 aromatic heterocycles. The fraction of sp³-hybridized carbons (Fsp3) is 0.118. The Morgan fingerprint density at radius 3 is 2.92 bits per heavy atom. The average molecular weight is 369 g/mol. The maximum atomic E-state index is 5.98. The van der Waals surface area contributed by atoms with Crippen molar-refractivity contribution >= 4 is 28.8 Å². The van der Waals surface area contributed by atoms with E-state index in [1.54, 1.807) is 10.8 Å². The Morgan fingerprint density at radius 2 is 2.00 bits per heavy atom. The first-order valence-electron chi connectivity index (χ1n) is 7.98. The van der Waals surface area contributed by atoms with E-state index >= 15 is 0 Å². The van der Waals surface area contributed by atoms with E-state index in [4.69, 9.17) is 21.1 Å². The molecule has 9 heteroatoms. The summed E-state index contributed by atoms with van der Waals surface area (Å²) < 4.78 is 14.7. The van der Waals surface area contributed by atoms with Gasteiger partial charge in [-0.1, -0.05) is 0 Å². The van der Waals surface area contributed by atoms with Crippen LogP contribution in [-0.4, -0.2) is 37.4 Å². The predicted octanol–water partition coefficient (Wildman–Crippen LogP) is 3.08. The third kappa shape index (κ3) is 2.60. The van der Waals surface area contributed by atoms with Gasteiger partial charge in [0.15, 0.2) is 17.3 Å². The van der Waals surface area contributed by atoms with Gasteiger partial charge in [0, 0.05) is 12.3 Å². The van der Waals surface area contributed by atoms with Crippen molar-refractivity contribution in [2.75, 3.05) is 18.5 Å². The van der Waals surface area contributed by atoms with Crippen LogP contribution in [0.25, 0.3) is 11.2 Å². The molecule has 1 aliphatic heterocycles. The fourth-order valence-corrected chi connectivity index (χ4v) is 3.01. The van der Waals surface area contributed by atoms with Gasteiger partial charge in [-0.2, -0.15) is 4.98 Å². The molecule has 4 heterocycles. The lowest BCUT2D eigenvalue weighted by molar-refractivity contribution is 0.171. The molecule has 0 saturated carbocycles. The Labute approximate surface area is 153 Å². The highest BCUT2D eigenvalue weighted by atomic mass is 35.5. The van der Waals surface area contributed by atoms with Crippen LogP contribution in [0.1, 0.15) is 0 Å². The molecule has 1 aromatic carbocycles. The summed E-state index contributed by atoms with van der Waals surface area (Å²) in [6, 6.07) is 9.54. The Bertz CT molecular complexity index is 1110. The van der Waals surface area contributed by atoms with Crippen LogP contribution in [0.4, 0.5) is 11.6 Å². The Morgan fingerprint density at radius 1 is 1.12 bits per heavy atom. The van der Waals surface area contributed by atoms with Crippen LogP contribution < -0.4 is 14.8 Å². The third-order valence-electron chi connectivity index (χ3n) is 4.02. The van der Waals surface area contributed by atoms with Gasteiger partial charge in [-0.25, -0.2) is 9.50 Å². The van der Waals surface area contributed by atoms with E-state index in [2.05, 4.69) is 20.4 Å². The molecule has 5 rings (SSSR count). The van der Waals surface area contributed by atoms with Crippen LogP contribution in [-0.2, 0) is 0 Å². The zero-order valence-corrected chi connectivity index (χ0v) is 14.2. The second-order valence-corrected chi connectivity index (χ2v) is 6.02. The van der Waals surface area contributed by atoms with E-state index in [1.807, 2.05) is 47.3 Å². The van der Waals surface area contributed by atoms with Gasteiger partial charge >= 0.3 is 0 Å². The molecule has 0 amide bonds. The summed E-state index contributed by atoms with van der Waals surface area (Å²) in [5.41, 5.74) is 1.73. The van der Waals surface area contributed by atoms with E-state index < -0.39 is 0 Å². The van der Waals surface area contributed by atoms with Crippen LogP contribution in [0, 0.1) is 0 Å². The van der Waals surface area contributed by atoms with Gasteiger partial charge in [0.1, 0.15) is 30.9 Å². The molecule has 26 heavy (non-hydrogen) atoms. The summed E-state index contributed by atoms with van der Waals surface area (Å²) in [6.07, 6.45) is 5.38. The molecular weight excluding hydrogens is 356 g/mol. The van der Waals surface area contributed by atoms with E-state index in [9.17, 15) is 0 Å². The first-order valence-corrected chi connectivity index (χ1v) is 8.36. The van der Waals surface area contributed by atoms with Gasteiger partial charge in [-0.15, -0.1) is 5.10 Å². The number of halogens is 1. The van der Waals surface area contributed by atoms with Gasteiger partial charge < -0.3 is 19.4 Å². The molecule has 0 fully saturated rings. The Balaban J connectivity index is 1.46. The first-order chi connectivity index (χ1) is 12.8.